The van der Waals surface area contributed by atoms with Gasteiger partial charge in [0.1, 0.15) is 0 Å². The van der Waals surface area contributed by atoms with Crippen molar-refractivity contribution in [1.29, 1.82) is 0 Å². The van der Waals surface area contributed by atoms with Crippen molar-refractivity contribution in [3.63, 3.8) is 0 Å². The molecular formula is C24H21N3O3S. The Bertz CT molecular complexity index is 1470. The van der Waals surface area contributed by atoms with Crippen molar-refractivity contribution >= 4 is 26.3 Å². The first-order valence-corrected chi connectivity index (χ1v) is 12.0. The third-order valence-electron chi connectivity index (χ3n) is 5.65. The number of nitrogens with zero attached hydrogens (tertiary/aromatic N) is 1. The molecule has 1 aliphatic heterocycles. The lowest BCUT2D eigenvalue weighted by Crippen LogP contribution is -2.12. The van der Waals surface area contributed by atoms with Gasteiger partial charge in [-0.1, -0.05) is 18.2 Å². The number of fused-ring (bicyclic) bond motifs is 2. The molecule has 1 aliphatic rings. The predicted molar refractivity (Wildman–Crippen MR) is 123 cm³/mol. The Hall–Kier alpha value is -3.45. The van der Waals surface area contributed by atoms with E-state index in [2.05, 4.69) is 16.4 Å². The zero-order valence-electron chi connectivity index (χ0n) is 17.0. The Labute approximate surface area is 179 Å². The molecule has 2 N–H and O–H groups in total. The number of aryl methyl sites for hydroxylation is 1. The lowest BCUT2D eigenvalue weighted by Gasteiger charge is -2.19. The molecule has 0 fully saturated rings. The average molecular weight is 432 g/mol. The molecule has 0 aliphatic carbocycles. The monoisotopic (exact) mass is 431 g/mol. The summed E-state index contributed by atoms with van der Waals surface area (Å²) in [5, 5.41) is 4.74. The van der Waals surface area contributed by atoms with E-state index in [0.717, 1.165) is 41.6 Å². The van der Waals surface area contributed by atoms with E-state index in [9.17, 15) is 13.2 Å². The lowest BCUT2D eigenvalue weighted by molar-refractivity contribution is 0.602. The van der Waals surface area contributed by atoms with Crippen molar-refractivity contribution in [2.24, 2.45) is 0 Å². The van der Waals surface area contributed by atoms with E-state index in [1.54, 1.807) is 30.5 Å². The number of sulfone groups is 1. The van der Waals surface area contributed by atoms with Gasteiger partial charge in [-0.15, -0.1) is 0 Å². The second kappa shape index (κ2) is 7.35. The summed E-state index contributed by atoms with van der Waals surface area (Å²) in [6.45, 7) is 0.964. The quantitative estimate of drug-likeness (QED) is 0.511. The Kier molecular flexibility index (Phi) is 4.63. The molecule has 4 aromatic rings. The molecule has 0 bridgehead atoms. The predicted octanol–water partition coefficient (Wildman–Crippen LogP) is 4.02. The van der Waals surface area contributed by atoms with Gasteiger partial charge in [0.25, 0.3) is 5.56 Å². The third kappa shape index (κ3) is 3.61. The second-order valence-electron chi connectivity index (χ2n) is 7.83. The highest BCUT2D eigenvalue weighted by Crippen LogP contribution is 2.33. The number of aromatic amines is 1. The Balaban J connectivity index is 1.72. The van der Waals surface area contributed by atoms with Crippen LogP contribution in [0, 0.1) is 0 Å². The van der Waals surface area contributed by atoms with E-state index in [4.69, 9.17) is 4.98 Å². The summed E-state index contributed by atoms with van der Waals surface area (Å²) in [5.74, 6) is 0. The van der Waals surface area contributed by atoms with Gasteiger partial charge in [-0.2, -0.15) is 0 Å². The van der Waals surface area contributed by atoms with Crippen molar-refractivity contribution in [3.8, 4) is 22.5 Å². The third-order valence-corrected chi connectivity index (χ3v) is 6.78. The largest absolute Gasteiger partial charge is 0.385 e. The number of pyridine rings is 2. The normalized spacial score (nSPS) is 13.6. The summed E-state index contributed by atoms with van der Waals surface area (Å²) in [7, 11) is -3.27. The molecule has 0 atom stereocenters. The fourth-order valence-corrected chi connectivity index (χ4v) is 4.70. The van der Waals surface area contributed by atoms with Gasteiger partial charge in [0.2, 0.25) is 0 Å². The lowest BCUT2D eigenvalue weighted by atomic mass is 9.97. The Morgan fingerprint density at radius 1 is 0.968 bits per heavy atom. The number of aromatic nitrogens is 2. The first-order valence-electron chi connectivity index (χ1n) is 10.1. The van der Waals surface area contributed by atoms with Crippen LogP contribution >= 0.6 is 0 Å². The standard InChI is InChI=1S/C24H21N3O3S/c1-31(29,30)19-7-4-15(5-8-19)21-14-17-10-12-26-24(28)22(17)23(27-21)18-6-9-20-16(13-18)3-2-11-25-20/h4-10,12-14,25H,2-3,11H2,1H3,(H,26,28). The van der Waals surface area contributed by atoms with Crippen LogP contribution in [0.2, 0.25) is 0 Å². The van der Waals surface area contributed by atoms with Crippen molar-refractivity contribution in [3.05, 3.63) is 76.7 Å². The van der Waals surface area contributed by atoms with E-state index >= 15 is 0 Å². The molecule has 0 saturated heterocycles. The number of hydrogen-bond acceptors (Lipinski definition) is 5. The minimum absolute atomic E-state index is 0.185. The summed E-state index contributed by atoms with van der Waals surface area (Å²) in [6, 6.07) is 16.5. The van der Waals surface area contributed by atoms with Crippen LogP contribution < -0.4 is 10.9 Å². The van der Waals surface area contributed by atoms with Crippen LogP contribution in [0.1, 0.15) is 12.0 Å². The minimum atomic E-state index is -3.27. The smallest absolute Gasteiger partial charge is 0.258 e. The van der Waals surface area contributed by atoms with Gasteiger partial charge >= 0.3 is 0 Å². The van der Waals surface area contributed by atoms with Crippen LogP contribution in [0.3, 0.4) is 0 Å². The van der Waals surface area contributed by atoms with Crippen LogP contribution in [0.4, 0.5) is 5.69 Å². The van der Waals surface area contributed by atoms with Gasteiger partial charge in [0.15, 0.2) is 9.84 Å². The molecular weight excluding hydrogens is 410 g/mol. The molecule has 0 radical (unpaired) electrons. The molecule has 0 spiro atoms. The van der Waals surface area contributed by atoms with E-state index < -0.39 is 9.84 Å². The number of rotatable bonds is 3. The van der Waals surface area contributed by atoms with Crippen LogP contribution in [-0.2, 0) is 16.3 Å². The first kappa shape index (κ1) is 19.5. The maximum atomic E-state index is 12.7. The highest BCUT2D eigenvalue weighted by atomic mass is 32.2. The number of nitrogens with one attached hydrogen (secondary N) is 2. The van der Waals surface area contributed by atoms with E-state index in [-0.39, 0.29) is 10.5 Å². The van der Waals surface area contributed by atoms with E-state index in [1.165, 1.54) is 11.8 Å². The van der Waals surface area contributed by atoms with Gasteiger partial charge in [0.05, 0.1) is 21.7 Å². The molecule has 3 heterocycles. The summed E-state index contributed by atoms with van der Waals surface area (Å²) in [6.07, 6.45) is 4.86. The maximum Gasteiger partial charge on any atom is 0.258 e. The van der Waals surface area contributed by atoms with Crippen LogP contribution in [0.5, 0.6) is 0 Å². The summed E-state index contributed by atoms with van der Waals surface area (Å²) in [5.41, 5.74) is 5.14. The van der Waals surface area contributed by atoms with Crippen LogP contribution in [0.25, 0.3) is 33.3 Å². The fourth-order valence-electron chi connectivity index (χ4n) is 4.07. The molecule has 31 heavy (non-hydrogen) atoms. The summed E-state index contributed by atoms with van der Waals surface area (Å²) in [4.78, 5) is 20.6. The number of anilines is 1. The first-order chi connectivity index (χ1) is 14.9. The van der Waals surface area contributed by atoms with Gasteiger partial charge < -0.3 is 10.3 Å². The maximum absolute atomic E-state index is 12.7. The zero-order valence-corrected chi connectivity index (χ0v) is 17.8. The number of benzene rings is 2. The van der Waals surface area contributed by atoms with Crippen molar-refractivity contribution in [2.75, 3.05) is 18.1 Å². The Morgan fingerprint density at radius 2 is 1.74 bits per heavy atom. The molecule has 156 valence electrons. The zero-order chi connectivity index (χ0) is 21.6. The molecule has 5 rings (SSSR count). The van der Waals surface area contributed by atoms with Crippen molar-refractivity contribution < 1.29 is 8.42 Å². The summed E-state index contributed by atoms with van der Waals surface area (Å²) < 4.78 is 23.6. The molecule has 0 amide bonds. The molecule has 7 heteroatoms. The minimum Gasteiger partial charge on any atom is -0.385 e. The highest BCUT2D eigenvalue weighted by Gasteiger charge is 2.16. The SMILES string of the molecule is CS(=O)(=O)c1ccc(-c2cc3cc[nH]c(=O)c3c(-c3ccc4c(c3)CCCN4)n2)cc1. The molecule has 6 nitrogen and oxygen atoms in total. The highest BCUT2D eigenvalue weighted by molar-refractivity contribution is 7.90. The van der Waals surface area contributed by atoms with Gasteiger partial charge in [-0.05, 0) is 60.2 Å². The van der Waals surface area contributed by atoms with E-state index in [0.29, 0.717) is 16.8 Å². The molecule has 0 unspecified atom stereocenters. The van der Waals surface area contributed by atoms with Gasteiger partial charge in [-0.3, -0.25) is 4.79 Å². The average Bonchev–Trinajstić information content (AvgIpc) is 2.78. The van der Waals surface area contributed by atoms with Crippen LogP contribution in [0.15, 0.2) is 70.5 Å². The number of hydrogen-bond donors (Lipinski definition) is 2. The van der Waals surface area contributed by atoms with Crippen LogP contribution in [-0.4, -0.2) is 31.2 Å². The Morgan fingerprint density at radius 3 is 2.52 bits per heavy atom. The molecule has 0 saturated carbocycles. The summed E-state index contributed by atoms with van der Waals surface area (Å²) >= 11 is 0. The molecule has 2 aromatic carbocycles. The second-order valence-corrected chi connectivity index (χ2v) is 9.84. The van der Waals surface area contributed by atoms with Crippen molar-refractivity contribution in [2.45, 2.75) is 17.7 Å². The van der Waals surface area contributed by atoms with Gasteiger partial charge in [0, 0.05) is 35.8 Å². The number of H-pyrrole nitrogens is 1. The molecule has 2 aromatic heterocycles. The van der Waals surface area contributed by atoms with E-state index in [1.807, 2.05) is 24.3 Å². The van der Waals surface area contributed by atoms with Crippen molar-refractivity contribution in [1.82, 2.24) is 9.97 Å². The van der Waals surface area contributed by atoms with Gasteiger partial charge in [-0.25, -0.2) is 13.4 Å². The topological polar surface area (TPSA) is 91.9 Å². The fraction of sp³-hybridized carbons (Fsp3) is 0.167.